The van der Waals surface area contributed by atoms with Crippen molar-refractivity contribution >= 4 is 38.9 Å². The Balaban J connectivity index is 1.37. The van der Waals surface area contributed by atoms with E-state index in [9.17, 15) is 0 Å². The predicted molar refractivity (Wildman–Crippen MR) is 186 cm³/mol. The fraction of sp³-hybridized carbons (Fsp3) is 0. The molecule has 0 bridgehead atoms. The third-order valence-electron chi connectivity index (χ3n) is 8.35. The van der Waals surface area contributed by atoms with Crippen LogP contribution < -0.4 is 4.90 Å². The van der Waals surface area contributed by atoms with Gasteiger partial charge in [0.05, 0.1) is 11.0 Å². The van der Waals surface area contributed by atoms with Gasteiger partial charge in [0.15, 0.2) is 0 Å². The standard InChI is InChI=1S/C42H30N2/c1-5-15-31(16-6-1)32-27-28-39-40-26-14-25-38(42(40)44(41(39)30-32)36-22-11-4-12-23-36)33-17-13-24-37(29-33)43(34-18-7-2-8-19-34)35-20-9-3-10-21-35/h1-30H. The van der Waals surface area contributed by atoms with Gasteiger partial charge in [-0.2, -0.15) is 0 Å². The maximum Gasteiger partial charge on any atom is 0.0619 e. The van der Waals surface area contributed by atoms with Gasteiger partial charge in [-0.25, -0.2) is 0 Å². The molecule has 0 aliphatic carbocycles. The van der Waals surface area contributed by atoms with Crippen molar-refractivity contribution in [1.82, 2.24) is 4.57 Å². The molecule has 8 aromatic rings. The van der Waals surface area contributed by atoms with E-state index in [1.807, 2.05) is 0 Å². The summed E-state index contributed by atoms with van der Waals surface area (Å²) in [5.41, 5.74) is 11.7. The molecule has 2 nitrogen and oxygen atoms in total. The molecule has 1 aromatic heterocycles. The summed E-state index contributed by atoms with van der Waals surface area (Å²) in [5, 5.41) is 2.49. The van der Waals surface area contributed by atoms with Crippen LogP contribution in [0, 0.1) is 0 Å². The molecule has 7 aromatic carbocycles. The minimum Gasteiger partial charge on any atom is -0.310 e. The van der Waals surface area contributed by atoms with Gasteiger partial charge in [-0.05, 0) is 71.3 Å². The predicted octanol–water partition coefficient (Wildman–Crippen LogP) is 11.6. The number of hydrogen-bond acceptors (Lipinski definition) is 1. The molecule has 0 saturated carbocycles. The van der Waals surface area contributed by atoms with E-state index in [1.165, 1.54) is 44.1 Å². The van der Waals surface area contributed by atoms with Gasteiger partial charge in [0.25, 0.3) is 0 Å². The summed E-state index contributed by atoms with van der Waals surface area (Å²) in [6.07, 6.45) is 0. The number of rotatable bonds is 6. The lowest BCUT2D eigenvalue weighted by atomic mass is 10.00. The Morgan fingerprint density at radius 3 is 1.61 bits per heavy atom. The third kappa shape index (κ3) is 4.54. The van der Waals surface area contributed by atoms with Gasteiger partial charge < -0.3 is 9.47 Å². The highest BCUT2D eigenvalue weighted by atomic mass is 15.1. The van der Waals surface area contributed by atoms with Crippen molar-refractivity contribution in [3.8, 4) is 27.9 Å². The number of aromatic nitrogens is 1. The molecular weight excluding hydrogens is 532 g/mol. The fourth-order valence-corrected chi connectivity index (χ4v) is 6.37. The molecule has 0 N–H and O–H groups in total. The van der Waals surface area contributed by atoms with Crippen LogP contribution in [0.1, 0.15) is 0 Å². The quantitative estimate of drug-likeness (QED) is 0.196. The Morgan fingerprint density at radius 2 is 0.932 bits per heavy atom. The number of benzene rings is 7. The number of fused-ring (bicyclic) bond motifs is 3. The van der Waals surface area contributed by atoms with Crippen LogP contribution in [0.3, 0.4) is 0 Å². The van der Waals surface area contributed by atoms with Crippen molar-refractivity contribution in [2.24, 2.45) is 0 Å². The summed E-state index contributed by atoms with van der Waals surface area (Å²) in [4.78, 5) is 2.32. The van der Waals surface area contributed by atoms with E-state index in [2.05, 4.69) is 191 Å². The molecule has 2 heteroatoms. The molecule has 0 aliphatic heterocycles. The summed E-state index contributed by atoms with van der Waals surface area (Å²) < 4.78 is 2.44. The molecule has 0 amide bonds. The molecule has 0 saturated heterocycles. The van der Waals surface area contributed by atoms with Gasteiger partial charge >= 0.3 is 0 Å². The molecular formula is C42H30N2. The lowest BCUT2D eigenvalue weighted by Gasteiger charge is -2.26. The van der Waals surface area contributed by atoms with Crippen LogP contribution in [0.4, 0.5) is 17.1 Å². The van der Waals surface area contributed by atoms with Gasteiger partial charge in [0, 0.05) is 39.1 Å². The molecule has 0 spiro atoms. The van der Waals surface area contributed by atoms with Crippen molar-refractivity contribution in [2.75, 3.05) is 4.90 Å². The Morgan fingerprint density at radius 1 is 0.364 bits per heavy atom. The molecule has 1 heterocycles. The van der Waals surface area contributed by atoms with Crippen molar-refractivity contribution < 1.29 is 0 Å². The highest BCUT2D eigenvalue weighted by molar-refractivity contribution is 6.14. The van der Waals surface area contributed by atoms with Crippen LogP contribution in [0.25, 0.3) is 49.7 Å². The van der Waals surface area contributed by atoms with E-state index in [0.29, 0.717) is 0 Å². The summed E-state index contributed by atoms with van der Waals surface area (Å²) in [7, 11) is 0. The second-order valence-corrected chi connectivity index (χ2v) is 11.0. The first-order valence-electron chi connectivity index (χ1n) is 15.0. The molecule has 208 valence electrons. The zero-order chi connectivity index (χ0) is 29.3. The molecule has 8 rings (SSSR count). The van der Waals surface area contributed by atoms with Gasteiger partial charge in [0.1, 0.15) is 0 Å². The van der Waals surface area contributed by atoms with Crippen LogP contribution in [0.2, 0.25) is 0 Å². The van der Waals surface area contributed by atoms with Crippen LogP contribution >= 0.6 is 0 Å². The minimum atomic E-state index is 1.12. The summed E-state index contributed by atoms with van der Waals surface area (Å²) in [6.45, 7) is 0. The maximum atomic E-state index is 2.44. The molecule has 44 heavy (non-hydrogen) atoms. The minimum absolute atomic E-state index is 1.12. The first kappa shape index (κ1) is 25.8. The lowest BCUT2D eigenvalue weighted by molar-refractivity contribution is 1.18. The van der Waals surface area contributed by atoms with Gasteiger partial charge in [-0.1, -0.05) is 127 Å². The van der Waals surface area contributed by atoms with Crippen LogP contribution in [-0.4, -0.2) is 4.57 Å². The van der Waals surface area contributed by atoms with Crippen molar-refractivity contribution in [1.29, 1.82) is 0 Å². The maximum absolute atomic E-state index is 2.44. The Bertz CT molecular complexity index is 2160. The van der Waals surface area contributed by atoms with Crippen molar-refractivity contribution in [2.45, 2.75) is 0 Å². The van der Waals surface area contributed by atoms with Gasteiger partial charge in [0.2, 0.25) is 0 Å². The highest BCUT2D eigenvalue weighted by Gasteiger charge is 2.19. The second-order valence-electron chi connectivity index (χ2n) is 11.0. The highest BCUT2D eigenvalue weighted by Crippen LogP contribution is 2.41. The SMILES string of the molecule is c1ccc(-c2ccc3c4cccc(-c5cccc(N(c6ccccc6)c6ccccc6)c5)c4n(-c4ccccc4)c3c2)cc1. The van der Waals surface area contributed by atoms with Crippen molar-refractivity contribution in [3.05, 3.63) is 182 Å². The van der Waals surface area contributed by atoms with E-state index in [1.54, 1.807) is 0 Å². The van der Waals surface area contributed by atoms with E-state index in [4.69, 9.17) is 0 Å². The molecule has 0 radical (unpaired) electrons. The molecule has 0 unspecified atom stereocenters. The molecule has 0 atom stereocenters. The number of hydrogen-bond donors (Lipinski definition) is 0. The Hall–Kier alpha value is -5.86. The summed E-state index contributed by atoms with van der Waals surface area (Å²) >= 11 is 0. The smallest absolute Gasteiger partial charge is 0.0619 e. The number of para-hydroxylation sites is 4. The Labute approximate surface area is 257 Å². The van der Waals surface area contributed by atoms with Crippen molar-refractivity contribution in [3.63, 3.8) is 0 Å². The van der Waals surface area contributed by atoms with Gasteiger partial charge in [-0.3, -0.25) is 0 Å². The third-order valence-corrected chi connectivity index (χ3v) is 8.35. The average molecular weight is 563 g/mol. The van der Waals surface area contributed by atoms with E-state index in [-0.39, 0.29) is 0 Å². The average Bonchev–Trinajstić information content (AvgIpc) is 3.44. The Kier molecular flexibility index (Phi) is 6.51. The summed E-state index contributed by atoms with van der Waals surface area (Å²) in [5.74, 6) is 0. The van der Waals surface area contributed by atoms with Crippen LogP contribution in [0.15, 0.2) is 182 Å². The zero-order valence-corrected chi connectivity index (χ0v) is 24.2. The zero-order valence-electron chi connectivity index (χ0n) is 24.2. The first-order chi connectivity index (χ1) is 21.8. The van der Waals surface area contributed by atoms with Crippen LogP contribution in [-0.2, 0) is 0 Å². The first-order valence-corrected chi connectivity index (χ1v) is 15.0. The topological polar surface area (TPSA) is 8.17 Å². The summed E-state index contributed by atoms with van der Waals surface area (Å²) in [6, 6.07) is 65.0. The fourth-order valence-electron chi connectivity index (χ4n) is 6.37. The molecule has 0 aliphatic rings. The molecule has 0 fully saturated rings. The van der Waals surface area contributed by atoms with E-state index in [0.717, 1.165) is 22.7 Å². The lowest BCUT2D eigenvalue weighted by Crippen LogP contribution is -2.09. The normalized spacial score (nSPS) is 11.2. The van der Waals surface area contributed by atoms with E-state index < -0.39 is 0 Å². The second kappa shape index (κ2) is 11.1. The number of nitrogens with zero attached hydrogens (tertiary/aromatic N) is 2. The van der Waals surface area contributed by atoms with Crippen LogP contribution in [0.5, 0.6) is 0 Å². The number of anilines is 3. The van der Waals surface area contributed by atoms with Gasteiger partial charge in [-0.15, -0.1) is 0 Å². The largest absolute Gasteiger partial charge is 0.310 e. The monoisotopic (exact) mass is 562 g/mol. The van der Waals surface area contributed by atoms with E-state index >= 15 is 0 Å².